The standard InChI is InChI=1S/C5H5F3O6S2/c6-5(7,8)4-3-2(13-16(4,11)12)1-15(9,10)14-3/h2-4H,1H2. The molecule has 0 radical (unpaired) electrons. The third-order valence-corrected chi connectivity index (χ3v) is 5.11. The van der Waals surface area contributed by atoms with Crippen molar-refractivity contribution in [3.8, 4) is 0 Å². The molecule has 0 N–H and O–H groups in total. The molecule has 0 saturated carbocycles. The van der Waals surface area contributed by atoms with Gasteiger partial charge in [0, 0.05) is 0 Å². The molecule has 0 spiro atoms. The molecule has 0 aromatic rings. The Morgan fingerprint density at radius 1 is 1.06 bits per heavy atom. The van der Waals surface area contributed by atoms with Gasteiger partial charge in [0.25, 0.3) is 20.2 Å². The van der Waals surface area contributed by atoms with E-state index in [1.54, 1.807) is 0 Å². The Hall–Kier alpha value is -0.390. The van der Waals surface area contributed by atoms with E-state index in [9.17, 15) is 30.0 Å². The molecule has 0 amide bonds. The van der Waals surface area contributed by atoms with Crippen LogP contribution in [0, 0.1) is 0 Å². The highest BCUT2D eigenvalue weighted by molar-refractivity contribution is 7.89. The Labute approximate surface area is 88.6 Å². The lowest BCUT2D eigenvalue weighted by atomic mass is 10.1. The summed E-state index contributed by atoms with van der Waals surface area (Å²) in [5, 5.41) is -2.94. The second kappa shape index (κ2) is 3.09. The van der Waals surface area contributed by atoms with Crippen LogP contribution >= 0.6 is 0 Å². The van der Waals surface area contributed by atoms with Gasteiger partial charge in [-0.2, -0.15) is 30.0 Å². The summed E-state index contributed by atoms with van der Waals surface area (Å²) in [7, 11) is -9.01. The molecule has 2 heterocycles. The zero-order valence-electron chi connectivity index (χ0n) is 7.34. The van der Waals surface area contributed by atoms with Crippen LogP contribution in [0.3, 0.4) is 0 Å². The molecule has 3 atom stereocenters. The molecule has 0 aliphatic carbocycles. The van der Waals surface area contributed by atoms with Crippen molar-refractivity contribution in [3.05, 3.63) is 0 Å². The van der Waals surface area contributed by atoms with Crippen molar-refractivity contribution < 1.29 is 38.4 Å². The number of fused-ring (bicyclic) bond motifs is 1. The summed E-state index contributed by atoms with van der Waals surface area (Å²) in [6.07, 6.45) is -8.77. The van der Waals surface area contributed by atoms with Crippen LogP contribution in [0.5, 0.6) is 0 Å². The van der Waals surface area contributed by atoms with Gasteiger partial charge in [-0.25, -0.2) is 0 Å². The molecular formula is C5H5F3O6S2. The number of hydrogen-bond donors (Lipinski definition) is 0. The summed E-state index contributed by atoms with van der Waals surface area (Å²) < 4.78 is 89.2. The fourth-order valence-electron chi connectivity index (χ4n) is 1.64. The topological polar surface area (TPSA) is 86.7 Å². The summed E-state index contributed by atoms with van der Waals surface area (Å²) in [5.41, 5.74) is 0. The van der Waals surface area contributed by atoms with Crippen molar-refractivity contribution in [2.75, 3.05) is 5.75 Å². The van der Waals surface area contributed by atoms with Crippen molar-refractivity contribution in [2.24, 2.45) is 0 Å². The number of alkyl halides is 3. The Kier molecular flexibility index (Phi) is 2.33. The second-order valence-corrected chi connectivity index (χ2v) is 6.70. The molecule has 11 heteroatoms. The van der Waals surface area contributed by atoms with Gasteiger partial charge in [0.2, 0.25) is 5.25 Å². The molecule has 2 aliphatic rings. The van der Waals surface area contributed by atoms with E-state index < -0.39 is 49.6 Å². The maximum absolute atomic E-state index is 12.4. The molecule has 94 valence electrons. The first-order valence-electron chi connectivity index (χ1n) is 3.93. The first-order chi connectivity index (χ1) is 7.03. The third kappa shape index (κ3) is 1.81. The van der Waals surface area contributed by atoms with E-state index in [2.05, 4.69) is 8.37 Å². The minimum Gasteiger partial charge on any atom is -0.262 e. The highest BCUT2D eigenvalue weighted by Crippen LogP contribution is 2.42. The van der Waals surface area contributed by atoms with Crippen LogP contribution in [0.25, 0.3) is 0 Å². The molecule has 2 fully saturated rings. The minimum absolute atomic E-state index is 0.885. The molecule has 0 aromatic carbocycles. The highest BCUT2D eigenvalue weighted by Gasteiger charge is 2.66. The van der Waals surface area contributed by atoms with Crippen LogP contribution in [0.4, 0.5) is 13.2 Å². The van der Waals surface area contributed by atoms with Crippen molar-refractivity contribution in [1.29, 1.82) is 0 Å². The minimum atomic E-state index is -5.13. The van der Waals surface area contributed by atoms with Gasteiger partial charge in [0.15, 0.2) is 0 Å². The number of halogens is 3. The summed E-state index contributed by atoms with van der Waals surface area (Å²) in [4.78, 5) is 0. The van der Waals surface area contributed by atoms with Crippen LogP contribution in [-0.4, -0.2) is 46.2 Å². The molecule has 2 rings (SSSR count). The van der Waals surface area contributed by atoms with Crippen LogP contribution in [0.1, 0.15) is 0 Å². The Balaban J connectivity index is 2.44. The molecular weight excluding hydrogens is 277 g/mol. The van der Waals surface area contributed by atoms with E-state index in [1.807, 2.05) is 0 Å². The summed E-state index contributed by atoms with van der Waals surface area (Å²) in [6.45, 7) is 0. The van der Waals surface area contributed by atoms with E-state index in [0.717, 1.165) is 0 Å². The second-order valence-electron chi connectivity index (χ2n) is 3.37. The van der Waals surface area contributed by atoms with E-state index in [4.69, 9.17) is 0 Å². The van der Waals surface area contributed by atoms with Gasteiger partial charge in [-0.05, 0) is 0 Å². The fraction of sp³-hybridized carbons (Fsp3) is 1.00. The fourth-order valence-corrected chi connectivity index (χ4v) is 4.64. The lowest BCUT2D eigenvalue weighted by molar-refractivity contribution is -0.143. The van der Waals surface area contributed by atoms with Gasteiger partial charge in [-0.3, -0.25) is 8.37 Å². The van der Waals surface area contributed by atoms with Gasteiger partial charge in [0.05, 0.1) is 0 Å². The summed E-state index contributed by atoms with van der Waals surface area (Å²) >= 11 is 0. The van der Waals surface area contributed by atoms with Gasteiger partial charge in [-0.1, -0.05) is 0 Å². The van der Waals surface area contributed by atoms with Gasteiger partial charge >= 0.3 is 6.18 Å². The van der Waals surface area contributed by atoms with E-state index >= 15 is 0 Å². The molecule has 6 nitrogen and oxygen atoms in total. The first kappa shape index (κ1) is 12.1. The van der Waals surface area contributed by atoms with Crippen LogP contribution in [0.2, 0.25) is 0 Å². The quantitative estimate of drug-likeness (QED) is 0.550. The normalized spacial score (nSPS) is 40.8. The molecule has 2 saturated heterocycles. The van der Waals surface area contributed by atoms with E-state index in [1.165, 1.54) is 0 Å². The van der Waals surface area contributed by atoms with Crippen molar-refractivity contribution in [3.63, 3.8) is 0 Å². The zero-order valence-corrected chi connectivity index (χ0v) is 8.97. The molecule has 0 aromatic heterocycles. The average Bonchev–Trinajstić information content (AvgIpc) is 2.30. The van der Waals surface area contributed by atoms with Crippen molar-refractivity contribution in [1.82, 2.24) is 0 Å². The van der Waals surface area contributed by atoms with Gasteiger partial charge < -0.3 is 0 Å². The first-order valence-corrected chi connectivity index (χ1v) is 6.98. The van der Waals surface area contributed by atoms with Gasteiger partial charge in [0.1, 0.15) is 18.0 Å². The van der Waals surface area contributed by atoms with Crippen molar-refractivity contribution >= 4 is 20.2 Å². The highest BCUT2D eigenvalue weighted by atomic mass is 32.2. The zero-order chi connectivity index (χ0) is 12.4. The molecule has 2 aliphatic heterocycles. The third-order valence-electron chi connectivity index (χ3n) is 2.18. The molecule has 0 bridgehead atoms. The van der Waals surface area contributed by atoms with Crippen LogP contribution < -0.4 is 0 Å². The maximum atomic E-state index is 12.4. The Bertz CT molecular complexity index is 505. The van der Waals surface area contributed by atoms with E-state index in [0.29, 0.717) is 0 Å². The summed E-state index contributed by atoms with van der Waals surface area (Å²) in [6, 6.07) is 0. The largest absolute Gasteiger partial charge is 0.410 e. The lowest BCUT2D eigenvalue weighted by Crippen LogP contribution is -2.42. The van der Waals surface area contributed by atoms with Crippen molar-refractivity contribution in [2.45, 2.75) is 23.6 Å². The monoisotopic (exact) mass is 282 g/mol. The lowest BCUT2D eigenvalue weighted by Gasteiger charge is -2.16. The summed E-state index contributed by atoms with van der Waals surface area (Å²) in [5.74, 6) is -0.885. The van der Waals surface area contributed by atoms with Crippen LogP contribution in [-0.2, 0) is 28.6 Å². The molecule has 3 unspecified atom stereocenters. The van der Waals surface area contributed by atoms with Crippen LogP contribution in [0.15, 0.2) is 0 Å². The predicted molar refractivity (Wildman–Crippen MR) is 42.3 cm³/mol. The average molecular weight is 282 g/mol. The molecule has 16 heavy (non-hydrogen) atoms. The Morgan fingerprint density at radius 2 is 1.62 bits per heavy atom. The SMILES string of the molecule is O=S1(=O)CC2OS(=O)(=O)C(C(F)(F)F)C2O1. The number of rotatable bonds is 0. The Morgan fingerprint density at radius 3 is 2.12 bits per heavy atom. The van der Waals surface area contributed by atoms with Gasteiger partial charge in [-0.15, -0.1) is 0 Å². The number of hydrogen-bond acceptors (Lipinski definition) is 6. The van der Waals surface area contributed by atoms with E-state index in [-0.39, 0.29) is 0 Å². The predicted octanol–water partition coefficient (Wildman–Crippen LogP) is -0.625. The maximum Gasteiger partial charge on any atom is 0.410 e. The smallest absolute Gasteiger partial charge is 0.262 e.